The third-order valence-corrected chi connectivity index (χ3v) is 9.78. The first-order chi connectivity index (χ1) is 16.7. The summed E-state index contributed by atoms with van der Waals surface area (Å²) in [5.41, 5.74) is 4.35. The number of phenols is 1. The van der Waals surface area contributed by atoms with Gasteiger partial charge in [0.1, 0.15) is 6.10 Å². The molecule has 2 unspecified atom stereocenters. The third-order valence-electron chi connectivity index (χ3n) is 9.78. The quantitative estimate of drug-likeness (QED) is 0.709. The van der Waals surface area contributed by atoms with Gasteiger partial charge in [-0.15, -0.1) is 0 Å². The number of amides is 1. The first-order valence-electron chi connectivity index (χ1n) is 12.9. The lowest BCUT2D eigenvalue weighted by Gasteiger charge is -2.64. The Labute approximate surface area is 207 Å². The van der Waals surface area contributed by atoms with Crippen LogP contribution in [0.1, 0.15) is 53.5 Å². The molecule has 186 valence electrons. The van der Waals surface area contributed by atoms with Gasteiger partial charge in [0.25, 0.3) is 0 Å². The van der Waals surface area contributed by atoms with E-state index in [1.807, 2.05) is 18.0 Å². The molecule has 5 atom stereocenters. The van der Waals surface area contributed by atoms with Gasteiger partial charge in [0.15, 0.2) is 11.5 Å². The van der Waals surface area contributed by atoms with Crippen LogP contribution >= 0.6 is 0 Å². The molecule has 1 saturated carbocycles. The van der Waals surface area contributed by atoms with Crippen molar-refractivity contribution in [2.75, 3.05) is 20.6 Å². The van der Waals surface area contributed by atoms with Gasteiger partial charge in [-0.25, -0.2) is 0 Å². The minimum atomic E-state index is -1.01. The molecular weight excluding hydrogens is 440 g/mol. The zero-order valence-electron chi connectivity index (χ0n) is 21.2. The van der Waals surface area contributed by atoms with Gasteiger partial charge in [0, 0.05) is 37.5 Å². The number of carbonyl (C=O) groups excluding carboxylic acids is 1. The summed E-state index contributed by atoms with van der Waals surface area (Å²) in [7, 11) is 3.97. The lowest BCUT2D eigenvalue weighted by atomic mass is 9.48. The SMILES string of the molecule is Cc1ccc(CCC(=O)N(C)C2CC3Oc4c(O)ccc5c4[C@@]34CCN(C)[C@H](C5)[C@]4(O)C2)cc1C. The zero-order chi connectivity index (χ0) is 24.7. The van der Waals surface area contributed by atoms with Crippen molar-refractivity contribution in [2.24, 2.45) is 0 Å². The molecule has 0 aromatic heterocycles. The molecule has 4 aliphatic rings. The number of likely N-dealkylation sites (N-methyl/N-ethyl adjacent to an activating group) is 1. The highest BCUT2D eigenvalue weighted by Crippen LogP contribution is 2.65. The Morgan fingerprint density at radius 2 is 2.03 bits per heavy atom. The average molecular weight is 477 g/mol. The first-order valence-corrected chi connectivity index (χ1v) is 12.9. The van der Waals surface area contributed by atoms with Crippen LogP contribution in [0.5, 0.6) is 11.5 Å². The highest BCUT2D eigenvalue weighted by Gasteiger charge is 2.72. The molecule has 6 rings (SSSR count). The minimum Gasteiger partial charge on any atom is -0.504 e. The molecule has 2 aromatic rings. The highest BCUT2D eigenvalue weighted by atomic mass is 16.5. The largest absolute Gasteiger partial charge is 0.504 e. The van der Waals surface area contributed by atoms with Crippen LogP contribution in [-0.4, -0.2) is 70.3 Å². The molecule has 1 amide bonds. The number of benzene rings is 2. The maximum absolute atomic E-state index is 13.3. The maximum atomic E-state index is 13.3. The van der Waals surface area contributed by atoms with E-state index >= 15 is 0 Å². The molecule has 2 N–H and O–H groups in total. The second-order valence-electron chi connectivity index (χ2n) is 11.4. The Kier molecular flexibility index (Phi) is 5.04. The fourth-order valence-corrected chi connectivity index (χ4v) is 7.64. The summed E-state index contributed by atoms with van der Waals surface area (Å²) in [6.07, 6.45) is 3.62. The molecule has 2 aromatic carbocycles. The predicted octanol–water partition coefficient (Wildman–Crippen LogP) is 3.25. The van der Waals surface area contributed by atoms with Crippen molar-refractivity contribution in [3.63, 3.8) is 0 Å². The minimum absolute atomic E-state index is 0.0350. The molecule has 2 aliphatic carbocycles. The Morgan fingerprint density at radius 1 is 1.23 bits per heavy atom. The number of aliphatic hydroxyl groups is 1. The topological polar surface area (TPSA) is 73.2 Å². The molecule has 2 heterocycles. The smallest absolute Gasteiger partial charge is 0.222 e. The summed E-state index contributed by atoms with van der Waals surface area (Å²) in [4.78, 5) is 17.4. The van der Waals surface area contributed by atoms with Crippen molar-refractivity contribution in [1.29, 1.82) is 0 Å². The summed E-state index contributed by atoms with van der Waals surface area (Å²) in [6.45, 7) is 5.09. The van der Waals surface area contributed by atoms with Crippen molar-refractivity contribution < 1.29 is 19.7 Å². The fraction of sp³-hybridized carbons (Fsp3) is 0.552. The number of phenolic OH excluding ortho intramolecular Hbond substituents is 1. The molecule has 6 nitrogen and oxygen atoms in total. The standard InChI is InChI=1S/C29H36N2O4/c1-17-5-6-19(13-18(17)2)7-10-25(33)31(4)21-15-24-28-11-12-30(3)23(29(28,34)16-21)14-20-8-9-22(32)27(35-24)26(20)28/h5-6,8-9,13,21,23-24,32,34H,7,10-12,14-16H2,1-4H3/t21?,23-,24?,28-,29-/m1/s1. The van der Waals surface area contributed by atoms with Crippen molar-refractivity contribution >= 4 is 5.91 Å². The summed E-state index contributed by atoms with van der Waals surface area (Å²) in [6, 6.07) is 9.97. The van der Waals surface area contributed by atoms with E-state index in [2.05, 4.69) is 44.0 Å². The molecule has 2 aliphatic heterocycles. The lowest BCUT2D eigenvalue weighted by Crippen LogP contribution is -2.77. The van der Waals surface area contributed by atoms with E-state index in [0.29, 0.717) is 31.4 Å². The van der Waals surface area contributed by atoms with E-state index in [1.54, 1.807) is 6.07 Å². The van der Waals surface area contributed by atoms with Crippen molar-refractivity contribution in [2.45, 2.75) is 81.6 Å². The Bertz CT molecular complexity index is 1210. The number of piperidine rings is 1. The average Bonchev–Trinajstić information content (AvgIpc) is 3.17. The van der Waals surface area contributed by atoms with Crippen LogP contribution in [0.15, 0.2) is 30.3 Å². The molecule has 2 fully saturated rings. The Hall–Kier alpha value is -2.57. The van der Waals surface area contributed by atoms with Gasteiger partial charge in [-0.2, -0.15) is 0 Å². The molecule has 2 bridgehead atoms. The van der Waals surface area contributed by atoms with Gasteiger partial charge in [-0.1, -0.05) is 24.3 Å². The summed E-state index contributed by atoms with van der Waals surface area (Å²) in [5.74, 6) is 0.807. The van der Waals surface area contributed by atoms with Crippen LogP contribution < -0.4 is 4.74 Å². The van der Waals surface area contributed by atoms with Gasteiger partial charge in [0.2, 0.25) is 5.91 Å². The van der Waals surface area contributed by atoms with Crippen LogP contribution in [0.3, 0.4) is 0 Å². The molecule has 0 radical (unpaired) electrons. The number of nitrogens with zero attached hydrogens (tertiary/aromatic N) is 2. The summed E-state index contributed by atoms with van der Waals surface area (Å²) >= 11 is 0. The number of hydrogen-bond acceptors (Lipinski definition) is 5. The number of aryl methyl sites for hydroxylation is 3. The molecular formula is C29H36N2O4. The van der Waals surface area contributed by atoms with Crippen molar-refractivity contribution in [3.8, 4) is 11.5 Å². The van der Waals surface area contributed by atoms with Gasteiger partial charge in [-0.3, -0.25) is 4.79 Å². The van der Waals surface area contributed by atoms with Crippen molar-refractivity contribution in [3.05, 3.63) is 58.1 Å². The fourth-order valence-electron chi connectivity index (χ4n) is 7.64. The number of likely N-dealkylation sites (tertiary alicyclic amines) is 1. The van der Waals surface area contributed by atoms with Gasteiger partial charge >= 0.3 is 0 Å². The van der Waals surface area contributed by atoms with Gasteiger partial charge in [-0.05, 0) is 81.4 Å². The van der Waals surface area contributed by atoms with E-state index in [-0.39, 0.29) is 29.8 Å². The van der Waals surface area contributed by atoms with E-state index in [0.717, 1.165) is 24.9 Å². The number of hydrogen-bond donors (Lipinski definition) is 2. The summed E-state index contributed by atoms with van der Waals surface area (Å²) in [5, 5.41) is 23.1. The first kappa shape index (κ1) is 22.9. The second kappa shape index (κ2) is 7.71. The zero-order valence-corrected chi connectivity index (χ0v) is 21.2. The van der Waals surface area contributed by atoms with Crippen LogP contribution in [-0.2, 0) is 23.1 Å². The molecule has 1 saturated heterocycles. The van der Waals surface area contributed by atoms with E-state index in [1.165, 1.54) is 22.3 Å². The second-order valence-corrected chi connectivity index (χ2v) is 11.4. The lowest BCUT2D eigenvalue weighted by molar-refractivity contribution is -0.194. The number of rotatable bonds is 4. The highest BCUT2D eigenvalue weighted by molar-refractivity contribution is 5.76. The Balaban J connectivity index is 1.28. The molecule has 6 heteroatoms. The molecule has 1 spiro atoms. The van der Waals surface area contributed by atoms with Crippen LogP contribution in [0.4, 0.5) is 0 Å². The van der Waals surface area contributed by atoms with Crippen LogP contribution in [0.25, 0.3) is 0 Å². The predicted molar refractivity (Wildman–Crippen MR) is 134 cm³/mol. The van der Waals surface area contributed by atoms with Crippen LogP contribution in [0, 0.1) is 13.8 Å². The van der Waals surface area contributed by atoms with E-state index < -0.39 is 11.0 Å². The number of ether oxygens (including phenoxy) is 1. The van der Waals surface area contributed by atoms with Gasteiger partial charge in [0.05, 0.1) is 11.0 Å². The van der Waals surface area contributed by atoms with Crippen LogP contribution in [0.2, 0.25) is 0 Å². The number of aromatic hydroxyl groups is 1. The van der Waals surface area contributed by atoms with E-state index in [4.69, 9.17) is 4.74 Å². The normalized spacial score (nSPS) is 32.7. The van der Waals surface area contributed by atoms with Gasteiger partial charge < -0.3 is 24.7 Å². The van der Waals surface area contributed by atoms with Crippen molar-refractivity contribution in [1.82, 2.24) is 9.80 Å². The monoisotopic (exact) mass is 476 g/mol. The number of carbonyl (C=O) groups is 1. The third kappa shape index (κ3) is 3.05. The Morgan fingerprint density at radius 3 is 2.80 bits per heavy atom. The maximum Gasteiger partial charge on any atom is 0.222 e. The van der Waals surface area contributed by atoms with E-state index in [9.17, 15) is 15.0 Å². The summed E-state index contributed by atoms with van der Waals surface area (Å²) < 4.78 is 6.46. The molecule has 35 heavy (non-hydrogen) atoms.